The summed E-state index contributed by atoms with van der Waals surface area (Å²) in [6.45, 7) is 9.44. The molecular formula is C11H18ClNO2S. The predicted octanol–water partition coefficient (Wildman–Crippen LogP) is 2.30. The number of hydrogen-bond donors (Lipinski definition) is 1. The second-order valence-corrected chi connectivity index (χ2v) is 5.50. The Labute approximate surface area is 104 Å². The molecule has 5 heteroatoms. The Bertz CT molecular complexity index is 492. The molecule has 0 spiro atoms. The van der Waals surface area contributed by atoms with Crippen molar-refractivity contribution in [2.45, 2.75) is 39.5 Å². The third kappa shape index (κ3) is 2.39. The van der Waals surface area contributed by atoms with Gasteiger partial charge in [-0.05, 0) is 62.4 Å². The Morgan fingerprint density at radius 1 is 0.750 bits per heavy atom. The third-order valence-electron chi connectivity index (χ3n) is 3.22. The lowest BCUT2D eigenvalue weighted by Crippen LogP contribution is -2.17. The quantitative estimate of drug-likeness (QED) is 0.845. The van der Waals surface area contributed by atoms with E-state index in [0.717, 1.165) is 27.8 Å². The molecule has 2 N–H and O–H groups in total. The lowest BCUT2D eigenvalue weighted by atomic mass is 9.95. The Morgan fingerprint density at radius 2 is 1.00 bits per heavy atom. The van der Waals surface area contributed by atoms with Crippen LogP contribution < -0.4 is 5.14 Å². The van der Waals surface area contributed by atoms with Crippen molar-refractivity contribution in [2.24, 2.45) is 5.14 Å². The summed E-state index contributed by atoms with van der Waals surface area (Å²) in [7, 11) is -3.63. The van der Waals surface area contributed by atoms with Crippen molar-refractivity contribution in [1.82, 2.24) is 0 Å². The second-order valence-electron chi connectivity index (χ2n) is 4.00. The van der Waals surface area contributed by atoms with Crippen molar-refractivity contribution >= 4 is 22.4 Å². The Kier molecular flexibility index (Phi) is 4.56. The maximum Gasteiger partial charge on any atom is 0.238 e. The first-order valence-electron chi connectivity index (χ1n) is 4.77. The highest BCUT2D eigenvalue weighted by Gasteiger charge is 2.19. The van der Waals surface area contributed by atoms with Gasteiger partial charge in [0.25, 0.3) is 0 Å². The van der Waals surface area contributed by atoms with Crippen LogP contribution in [0.3, 0.4) is 0 Å². The van der Waals surface area contributed by atoms with Crippen LogP contribution in [0.15, 0.2) is 4.90 Å². The van der Waals surface area contributed by atoms with Gasteiger partial charge >= 0.3 is 0 Å². The minimum atomic E-state index is -3.63. The number of sulfonamides is 1. The highest BCUT2D eigenvalue weighted by molar-refractivity contribution is 7.89. The first-order chi connectivity index (χ1) is 6.68. The van der Waals surface area contributed by atoms with Crippen LogP contribution in [0.4, 0.5) is 0 Å². The van der Waals surface area contributed by atoms with E-state index in [-0.39, 0.29) is 17.3 Å². The lowest BCUT2D eigenvalue weighted by molar-refractivity contribution is 0.596. The molecule has 0 aliphatic heterocycles. The molecular weight excluding hydrogens is 246 g/mol. The van der Waals surface area contributed by atoms with Crippen LogP contribution in [0.5, 0.6) is 0 Å². The molecule has 92 valence electrons. The van der Waals surface area contributed by atoms with E-state index in [9.17, 15) is 8.42 Å². The average molecular weight is 264 g/mol. The lowest BCUT2D eigenvalue weighted by Gasteiger charge is -2.16. The highest BCUT2D eigenvalue weighted by atomic mass is 35.5. The maximum absolute atomic E-state index is 11.5. The molecule has 1 aromatic carbocycles. The van der Waals surface area contributed by atoms with Crippen molar-refractivity contribution in [1.29, 1.82) is 0 Å². The summed E-state index contributed by atoms with van der Waals surface area (Å²) in [6, 6.07) is 0. The summed E-state index contributed by atoms with van der Waals surface area (Å²) in [5.74, 6) is 0. The van der Waals surface area contributed by atoms with Crippen molar-refractivity contribution in [3.8, 4) is 0 Å². The molecule has 0 aliphatic rings. The number of halogens is 1. The van der Waals surface area contributed by atoms with Crippen LogP contribution >= 0.6 is 12.4 Å². The van der Waals surface area contributed by atoms with Crippen molar-refractivity contribution in [3.63, 3.8) is 0 Å². The SMILES string of the molecule is Cc1c(C)c(C)c(S(N)(=O)=O)c(C)c1C.Cl. The van der Waals surface area contributed by atoms with Crippen LogP contribution in [0.2, 0.25) is 0 Å². The number of rotatable bonds is 1. The summed E-state index contributed by atoms with van der Waals surface area (Å²) in [6.07, 6.45) is 0. The Morgan fingerprint density at radius 3 is 1.25 bits per heavy atom. The van der Waals surface area contributed by atoms with Crippen LogP contribution in [0, 0.1) is 34.6 Å². The standard InChI is InChI=1S/C11H17NO2S.ClH/c1-6-7(2)9(4)11(15(12,13)14)10(5)8(6)3;/h1-5H3,(H2,12,13,14);1H. The van der Waals surface area contributed by atoms with Crippen molar-refractivity contribution in [2.75, 3.05) is 0 Å². The van der Waals surface area contributed by atoms with Crippen LogP contribution in [0.25, 0.3) is 0 Å². The minimum absolute atomic E-state index is 0. The van der Waals surface area contributed by atoms with E-state index in [1.54, 1.807) is 13.8 Å². The van der Waals surface area contributed by atoms with Gasteiger partial charge < -0.3 is 0 Å². The van der Waals surface area contributed by atoms with Crippen molar-refractivity contribution in [3.05, 3.63) is 27.8 Å². The van der Waals surface area contributed by atoms with Gasteiger partial charge in [-0.15, -0.1) is 12.4 Å². The minimum Gasteiger partial charge on any atom is -0.225 e. The summed E-state index contributed by atoms with van der Waals surface area (Å²) in [4.78, 5) is 0.281. The molecule has 0 bridgehead atoms. The first-order valence-corrected chi connectivity index (χ1v) is 6.32. The van der Waals surface area contributed by atoms with Crippen LogP contribution in [-0.4, -0.2) is 8.42 Å². The molecule has 3 nitrogen and oxygen atoms in total. The average Bonchev–Trinajstić information content (AvgIpc) is 2.09. The van der Waals surface area contributed by atoms with Gasteiger partial charge in [-0.3, -0.25) is 0 Å². The predicted molar refractivity (Wildman–Crippen MR) is 68.7 cm³/mol. The van der Waals surface area contributed by atoms with Crippen LogP contribution in [-0.2, 0) is 10.0 Å². The zero-order chi connectivity index (χ0) is 12.0. The highest BCUT2D eigenvalue weighted by Crippen LogP contribution is 2.28. The zero-order valence-corrected chi connectivity index (χ0v) is 11.8. The van der Waals surface area contributed by atoms with Crippen molar-refractivity contribution < 1.29 is 8.42 Å². The molecule has 0 aromatic heterocycles. The first kappa shape index (κ1) is 15.4. The molecule has 0 saturated carbocycles. The van der Waals surface area contributed by atoms with E-state index >= 15 is 0 Å². The number of nitrogens with two attached hydrogens (primary N) is 1. The fourth-order valence-electron chi connectivity index (χ4n) is 1.89. The second kappa shape index (κ2) is 4.73. The van der Waals surface area contributed by atoms with Crippen LogP contribution in [0.1, 0.15) is 27.8 Å². The number of primary sulfonamides is 1. The van der Waals surface area contributed by atoms with E-state index in [1.807, 2.05) is 20.8 Å². The Hall–Kier alpha value is -0.580. The Balaban J connectivity index is 0.00000225. The van der Waals surface area contributed by atoms with Gasteiger partial charge in [0, 0.05) is 0 Å². The van der Waals surface area contributed by atoms with Gasteiger partial charge in [0.2, 0.25) is 10.0 Å². The van der Waals surface area contributed by atoms with Gasteiger partial charge in [0.05, 0.1) is 4.90 Å². The van der Waals surface area contributed by atoms with E-state index in [4.69, 9.17) is 5.14 Å². The molecule has 0 saturated heterocycles. The molecule has 0 fully saturated rings. The molecule has 1 rings (SSSR count). The third-order valence-corrected chi connectivity index (χ3v) is 4.40. The van der Waals surface area contributed by atoms with Gasteiger partial charge in [-0.1, -0.05) is 0 Å². The maximum atomic E-state index is 11.5. The monoisotopic (exact) mass is 263 g/mol. The normalized spacial score (nSPS) is 11.1. The van der Waals surface area contributed by atoms with Gasteiger partial charge in [-0.25, -0.2) is 13.6 Å². The largest absolute Gasteiger partial charge is 0.238 e. The fraction of sp³-hybridized carbons (Fsp3) is 0.455. The van der Waals surface area contributed by atoms with Gasteiger partial charge in [-0.2, -0.15) is 0 Å². The summed E-state index contributed by atoms with van der Waals surface area (Å²) in [5, 5.41) is 5.22. The van der Waals surface area contributed by atoms with E-state index in [2.05, 4.69) is 0 Å². The number of benzene rings is 1. The summed E-state index contributed by atoms with van der Waals surface area (Å²) < 4.78 is 22.9. The van der Waals surface area contributed by atoms with E-state index < -0.39 is 10.0 Å². The summed E-state index contributed by atoms with van der Waals surface area (Å²) >= 11 is 0. The number of hydrogen-bond acceptors (Lipinski definition) is 2. The molecule has 1 aromatic rings. The molecule has 0 amide bonds. The molecule has 0 radical (unpaired) electrons. The zero-order valence-electron chi connectivity index (χ0n) is 10.2. The molecule has 0 atom stereocenters. The molecule has 0 unspecified atom stereocenters. The topological polar surface area (TPSA) is 60.2 Å². The molecule has 0 aliphatic carbocycles. The fourth-order valence-corrected chi connectivity index (χ4v) is 3.05. The van der Waals surface area contributed by atoms with Gasteiger partial charge in [0.1, 0.15) is 0 Å². The van der Waals surface area contributed by atoms with Gasteiger partial charge in [0.15, 0.2) is 0 Å². The smallest absolute Gasteiger partial charge is 0.225 e. The molecule has 0 heterocycles. The van der Waals surface area contributed by atoms with E-state index in [0.29, 0.717) is 0 Å². The molecule has 16 heavy (non-hydrogen) atoms. The summed E-state index contributed by atoms with van der Waals surface area (Å²) in [5.41, 5.74) is 4.66. The van der Waals surface area contributed by atoms with E-state index in [1.165, 1.54) is 0 Å².